The van der Waals surface area contributed by atoms with E-state index in [0.717, 1.165) is 25.7 Å². The summed E-state index contributed by atoms with van der Waals surface area (Å²) in [5, 5.41) is 6.62. The van der Waals surface area contributed by atoms with Gasteiger partial charge in [0, 0.05) is 12.1 Å². The third kappa shape index (κ3) is 5.20. The number of carbonyl (C=O) groups excluding carboxylic acids is 1. The van der Waals surface area contributed by atoms with Gasteiger partial charge < -0.3 is 14.6 Å². The van der Waals surface area contributed by atoms with Crippen molar-refractivity contribution in [3.63, 3.8) is 0 Å². The maximum absolute atomic E-state index is 12.5. The van der Waals surface area contributed by atoms with Crippen molar-refractivity contribution in [1.29, 1.82) is 0 Å². The first-order valence-corrected chi connectivity index (χ1v) is 9.12. The highest BCUT2D eigenvalue weighted by atomic mass is 19.4. The van der Waals surface area contributed by atoms with Crippen LogP contribution >= 0.6 is 0 Å². The van der Waals surface area contributed by atoms with E-state index in [9.17, 15) is 18.0 Å². The van der Waals surface area contributed by atoms with E-state index in [2.05, 4.69) is 20.4 Å². The summed E-state index contributed by atoms with van der Waals surface area (Å²) in [4.78, 5) is 20.7. The molecule has 0 unspecified atom stereocenters. The van der Waals surface area contributed by atoms with Crippen LogP contribution in [0.4, 0.5) is 13.2 Å². The molecule has 0 saturated heterocycles. The highest BCUT2D eigenvalue weighted by molar-refractivity contribution is 5.95. The van der Waals surface area contributed by atoms with Crippen LogP contribution in [-0.4, -0.2) is 33.8 Å². The van der Waals surface area contributed by atoms with Crippen LogP contribution in [0.5, 0.6) is 5.75 Å². The van der Waals surface area contributed by atoms with Crippen molar-refractivity contribution in [2.45, 2.75) is 57.2 Å². The molecule has 1 amide bonds. The summed E-state index contributed by atoms with van der Waals surface area (Å²) in [6, 6.07) is 2.02. The fourth-order valence-electron chi connectivity index (χ4n) is 3.11. The molecule has 1 N–H and O–H groups in total. The number of aromatic nitrogens is 3. The van der Waals surface area contributed by atoms with E-state index >= 15 is 0 Å². The second kappa shape index (κ2) is 8.57. The maximum atomic E-state index is 12.5. The number of pyridine rings is 1. The minimum atomic E-state index is -4.52. The van der Waals surface area contributed by atoms with Crippen molar-refractivity contribution in [3.8, 4) is 5.75 Å². The molecule has 2 heterocycles. The van der Waals surface area contributed by atoms with Gasteiger partial charge in [0.15, 0.2) is 23.9 Å². The first-order valence-electron chi connectivity index (χ1n) is 9.12. The predicted molar refractivity (Wildman–Crippen MR) is 91.8 cm³/mol. The molecule has 10 heteroatoms. The van der Waals surface area contributed by atoms with E-state index in [1.165, 1.54) is 24.8 Å². The Hall–Kier alpha value is -2.65. The van der Waals surface area contributed by atoms with Gasteiger partial charge >= 0.3 is 6.18 Å². The molecule has 0 bridgehead atoms. The van der Waals surface area contributed by atoms with Gasteiger partial charge in [0.25, 0.3) is 5.91 Å². The van der Waals surface area contributed by atoms with E-state index in [1.807, 2.05) is 0 Å². The lowest BCUT2D eigenvalue weighted by molar-refractivity contribution is -0.153. The largest absolute Gasteiger partial charge is 0.482 e. The van der Waals surface area contributed by atoms with Crippen LogP contribution in [0.2, 0.25) is 0 Å². The molecule has 1 fully saturated rings. The van der Waals surface area contributed by atoms with Crippen LogP contribution in [0.3, 0.4) is 0 Å². The zero-order valence-corrected chi connectivity index (χ0v) is 15.3. The van der Waals surface area contributed by atoms with Crippen LogP contribution in [0.15, 0.2) is 22.9 Å². The van der Waals surface area contributed by atoms with Gasteiger partial charge in [-0.2, -0.15) is 18.2 Å². The molecule has 0 aromatic carbocycles. The Balaban J connectivity index is 1.65. The number of nitrogens with one attached hydrogen (secondary N) is 1. The summed E-state index contributed by atoms with van der Waals surface area (Å²) in [6.45, 7) is 0.137. The van der Waals surface area contributed by atoms with Crippen LogP contribution < -0.4 is 10.1 Å². The molecule has 28 heavy (non-hydrogen) atoms. The molecule has 1 aliphatic carbocycles. The zero-order chi connectivity index (χ0) is 20.1. The van der Waals surface area contributed by atoms with Gasteiger partial charge in [0.2, 0.25) is 5.89 Å². The Morgan fingerprint density at radius 3 is 2.82 bits per heavy atom. The predicted octanol–water partition coefficient (Wildman–Crippen LogP) is 3.94. The molecule has 7 nitrogen and oxygen atoms in total. The second-order valence-electron chi connectivity index (χ2n) is 6.77. The van der Waals surface area contributed by atoms with E-state index in [4.69, 9.17) is 9.26 Å². The molecule has 0 aliphatic heterocycles. The summed E-state index contributed by atoms with van der Waals surface area (Å²) < 4.78 is 47.1. The normalized spacial score (nSPS) is 16.6. The highest BCUT2D eigenvalue weighted by Gasteiger charge is 2.30. The highest BCUT2D eigenvalue weighted by Crippen LogP contribution is 2.31. The molecule has 0 spiro atoms. The molecule has 152 valence electrons. The Labute approximate surface area is 159 Å². The minimum absolute atomic E-state index is 0.239. The topological polar surface area (TPSA) is 90.1 Å². The Kier molecular flexibility index (Phi) is 6.15. The third-order valence-electron chi connectivity index (χ3n) is 4.52. The van der Waals surface area contributed by atoms with E-state index in [-0.39, 0.29) is 23.3 Å². The second-order valence-corrected chi connectivity index (χ2v) is 6.77. The molecular formula is C18H21F3N4O3. The van der Waals surface area contributed by atoms with Gasteiger partial charge in [-0.3, -0.25) is 4.79 Å². The van der Waals surface area contributed by atoms with Crippen molar-refractivity contribution < 1.29 is 27.2 Å². The standard InChI is InChI=1S/C18H21F3N4O3/c1-11(17-24-15(25-28-17)12-6-3-2-4-7-12)23-16(26)14-13(8-5-9-22-14)27-10-18(19,20)21/h5,8-9,11-12H,2-4,6-7,10H2,1H3,(H,23,26)/t11-/m0/s1. The van der Waals surface area contributed by atoms with Crippen LogP contribution in [0, 0.1) is 0 Å². The lowest BCUT2D eigenvalue weighted by Crippen LogP contribution is -2.29. The van der Waals surface area contributed by atoms with Gasteiger partial charge in [-0.25, -0.2) is 4.98 Å². The van der Waals surface area contributed by atoms with Crippen molar-refractivity contribution in [2.24, 2.45) is 0 Å². The van der Waals surface area contributed by atoms with Crippen LogP contribution in [-0.2, 0) is 0 Å². The zero-order valence-electron chi connectivity index (χ0n) is 15.3. The van der Waals surface area contributed by atoms with Gasteiger partial charge in [-0.15, -0.1) is 0 Å². The van der Waals surface area contributed by atoms with E-state index in [0.29, 0.717) is 5.82 Å². The van der Waals surface area contributed by atoms with Crippen molar-refractivity contribution in [1.82, 2.24) is 20.4 Å². The van der Waals surface area contributed by atoms with Crippen LogP contribution in [0.25, 0.3) is 0 Å². The number of halogens is 3. The molecule has 1 aliphatic rings. The maximum Gasteiger partial charge on any atom is 0.422 e. The number of carbonyl (C=O) groups is 1. The van der Waals surface area contributed by atoms with Crippen molar-refractivity contribution in [3.05, 3.63) is 35.7 Å². The molecule has 2 aromatic heterocycles. The van der Waals surface area contributed by atoms with Crippen LogP contribution in [0.1, 0.15) is 73.2 Å². The smallest absolute Gasteiger partial charge is 0.422 e. The molecule has 1 saturated carbocycles. The summed E-state index contributed by atoms with van der Waals surface area (Å²) in [5.41, 5.74) is -0.245. The summed E-state index contributed by atoms with van der Waals surface area (Å²) >= 11 is 0. The SMILES string of the molecule is C[C@H](NC(=O)c1ncccc1OCC(F)(F)F)c1nc(C2CCCCC2)no1. The summed E-state index contributed by atoms with van der Waals surface area (Å²) in [7, 11) is 0. The van der Waals surface area contributed by atoms with E-state index in [1.54, 1.807) is 6.92 Å². The molecule has 3 rings (SSSR count). The summed E-state index contributed by atoms with van der Waals surface area (Å²) in [5.74, 6) is 0.179. The fourth-order valence-corrected chi connectivity index (χ4v) is 3.11. The number of hydrogen-bond acceptors (Lipinski definition) is 6. The Morgan fingerprint density at radius 2 is 2.11 bits per heavy atom. The lowest BCUT2D eigenvalue weighted by atomic mass is 9.89. The average molecular weight is 398 g/mol. The number of nitrogens with zero attached hydrogens (tertiary/aromatic N) is 3. The van der Waals surface area contributed by atoms with Gasteiger partial charge in [-0.1, -0.05) is 24.4 Å². The minimum Gasteiger partial charge on any atom is -0.482 e. The Morgan fingerprint density at radius 1 is 1.36 bits per heavy atom. The van der Waals surface area contributed by atoms with Gasteiger partial charge in [-0.05, 0) is 31.9 Å². The molecule has 2 aromatic rings. The monoisotopic (exact) mass is 398 g/mol. The number of amides is 1. The van der Waals surface area contributed by atoms with Crippen molar-refractivity contribution >= 4 is 5.91 Å². The fraction of sp³-hybridized carbons (Fsp3) is 0.556. The number of rotatable bonds is 6. The number of alkyl halides is 3. The van der Waals surface area contributed by atoms with Gasteiger partial charge in [0.05, 0.1) is 0 Å². The van der Waals surface area contributed by atoms with Gasteiger partial charge in [0.1, 0.15) is 6.04 Å². The number of hydrogen-bond donors (Lipinski definition) is 1. The van der Waals surface area contributed by atoms with E-state index < -0.39 is 24.7 Å². The lowest BCUT2D eigenvalue weighted by Gasteiger charge is -2.17. The quantitative estimate of drug-likeness (QED) is 0.793. The number of ether oxygens (including phenoxy) is 1. The average Bonchev–Trinajstić information content (AvgIpc) is 3.17. The summed E-state index contributed by atoms with van der Waals surface area (Å²) in [6.07, 6.45) is 2.25. The first kappa shape index (κ1) is 20.1. The molecule has 1 atom stereocenters. The molecule has 0 radical (unpaired) electrons. The molecular weight excluding hydrogens is 377 g/mol. The van der Waals surface area contributed by atoms with Crippen molar-refractivity contribution in [2.75, 3.05) is 6.61 Å². The third-order valence-corrected chi connectivity index (χ3v) is 4.52. The Bertz CT molecular complexity index is 803. The first-order chi connectivity index (χ1) is 13.3.